The normalized spacial score (nSPS) is 10.8. The number of benzene rings is 1. The third-order valence-corrected chi connectivity index (χ3v) is 2.63. The summed E-state index contributed by atoms with van der Waals surface area (Å²) in [5.41, 5.74) is 0.807. The van der Waals surface area contributed by atoms with Crippen molar-refractivity contribution in [2.45, 2.75) is 6.54 Å². The number of rotatable bonds is 6. The van der Waals surface area contributed by atoms with Crippen molar-refractivity contribution in [2.24, 2.45) is 0 Å². The van der Waals surface area contributed by atoms with Crippen LogP contribution in [0.5, 0.6) is 5.75 Å². The van der Waals surface area contributed by atoms with E-state index < -0.39 is 5.97 Å². The Kier molecular flexibility index (Phi) is 4.31. The predicted molar refractivity (Wildman–Crippen MR) is 70.3 cm³/mol. The molecule has 1 N–H and O–H groups in total. The van der Waals surface area contributed by atoms with Crippen molar-refractivity contribution < 1.29 is 19.2 Å². The molecule has 0 unspecified atom stereocenters. The van der Waals surface area contributed by atoms with E-state index in [1.165, 1.54) is 0 Å². The molecule has 0 fully saturated rings. The van der Waals surface area contributed by atoms with Crippen LogP contribution in [0.2, 0.25) is 0 Å². The van der Waals surface area contributed by atoms with Crippen molar-refractivity contribution in [3.8, 4) is 17.1 Å². The van der Waals surface area contributed by atoms with E-state index in [1.54, 1.807) is 19.1 Å². The summed E-state index contributed by atoms with van der Waals surface area (Å²) in [6, 6.07) is 7.27. The van der Waals surface area contributed by atoms with Crippen LogP contribution in [-0.2, 0) is 11.3 Å². The molecule has 0 saturated heterocycles. The first-order chi connectivity index (χ1) is 9.58. The van der Waals surface area contributed by atoms with Crippen molar-refractivity contribution in [1.82, 2.24) is 15.0 Å². The topological polar surface area (TPSA) is 88.7 Å². The van der Waals surface area contributed by atoms with Crippen LogP contribution in [0.4, 0.5) is 0 Å². The van der Waals surface area contributed by atoms with Crippen LogP contribution in [0.3, 0.4) is 0 Å². The maximum atomic E-state index is 10.6. The van der Waals surface area contributed by atoms with Gasteiger partial charge >= 0.3 is 5.97 Å². The zero-order valence-electron chi connectivity index (χ0n) is 11.2. The molecule has 2 aromatic rings. The molecule has 1 aromatic carbocycles. The number of likely N-dealkylation sites (N-methyl/N-ethyl adjacent to an activating group) is 1. The molecule has 0 aliphatic heterocycles. The molecule has 20 heavy (non-hydrogen) atoms. The van der Waals surface area contributed by atoms with E-state index in [2.05, 4.69) is 10.1 Å². The zero-order chi connectivity index (χ0) is 14.5. The summed E-state index contributed by atoms with van der Waals surface area (Å²) in [6.45, 7) is 0.204. The number of aromatic nitrogens is 2. The summed E-state index contributed by atoms with van der Waals surface area (Å²) >= 11 is 0. The molecular weight excluding hydrogens is 262 g/mol. The molecule has 106 valence electrons. The number of carbonyl (C=O) groups is 1. The van der Waals surface area contributed by atoms with Crippen LogP contribution in [0.15, 0.2) is 28.8 Å². The van der Waals surface area contributed by atoms with Crippen molar-refractivity contribution >= 4 is 5.97 Å². The Morgan fingerprint density at radius 3 is 2.70 bits per heavy atom. The van der Waals surface area contributed by atoms with E-state index in [0.29, 0.717) is 11.7 Å². The van der Waals surface area contributed by atoms with Crippen molar-refractivity contribution in [3.63, 3.8) is 0 Å². The highest BCUT2D eigenvalue weighted by molar-refractivity contribution is 5.69. The molecule has 1 heterocycles. The molecule has 2 rings (SSSR count). The fraction of sp³-hybridized carbons (Fsp3) is 0.308. The molecule has 0 amide bonds. The van der Waals surface area contributed by atoms with Crippen molar-refractivity contribution in [3.05, 3.63) is 30.2 Å². The highest BCUT2D eigenvalue weighted by Crippen LogP contribution is 2.19. The van der Waals surface area contributed by atoms with Crippen LogP contribution in [0.25, 0.3) is 11.4 Å². The molecule has 0 radical (unpaired) electrons. The Morgan fingerprint density at radius 1 is 1.40 bits per heavy atom. The van der Waals surface area contributed by atoms with Gasteiger partial charge in [0.1, 0.15) is 5.75 Å². The number of ether oxygens (including phenoxy) is 1. The third kappa shape index (κ3) is 3.55. The van der Waals surface area contributed by atoms with Gasteiger partial charge in [-0.2, -0.15) is 4.98 Å². The molecule has 0 atom stereocenters. The molecule has 0 aliphatic rings. The van der Waals surface area contributed by atoms with Gasteiger partial charge in [0.05, 0.1) is 20.2 Å². The Labute approximate surface area is 115 Å². The minimum Gasteiger partial charge on any atom is -0.497 e. The summed E-state index contributed by atoms with van der Waals surface area (Å²) < 4.78 is 10.2. The van der Waals surface area contributed by atoms with Gasteiger partial charge in [-0.15, -0.1) is 0 Å². The van der Waals surface area contributed by atoms with Gasteiger partial charge < -0.3 is 14.4 Å². The van der Waals surface area contributed by atoms with Crippen molar-refractivity contribution in [2.75, 3.05) is 20.7 Å². The number of hydrogen-bond donors (Lipinski definition) is 1. The molecule has 0 aliphatic carbocycles. The quantitative estimate of drug-likeness (QED) is 0.850. The molecule has 0 saturated carbocycles. The van der Waals surface area contributed by atoms with Gasteiger partial charge in [0.25, 0.3) is 0 Å². The Hall–Kier alpha value is -2.41. The average molecular weight is 277 g/mol. The Bertz CT molecular complexity index is 580. The van der Waals surface area contributed by atoms with Gasteiger partial charge in [0.2, 0.25) is 11.7 Å². The third-order valence-electron chi connectivity index (χ3n) is 2.63. The van der Waals surface area contributed by atoms with Crippen LogP contribution in [-0.4, -0.2) is 46.8 Å². The second-order valence-electron chi connectivity index (χ2n) is 4.31. The van der Waals surface area contributed by atoms with E-state index in [0.717, 1.165) is 11.3 Å². The number of aliphatic carboxylic acids is 1. The maximum absolute atomic E-state index is 10.6. The largest absolute Gasteiger partial charge is 0.497 e. The molecule has 7 nitrogen and oxygen atoms in total. The van der Waals surface area contributed by atoms with E-state index in [9.17, 15) is 4.79 Å². The van der Waals surface area contributed by atoms with Crippen LogP contribution >= 0.6 is 0 Å². The molecular formula is C13H15N3O4. The number of nitrogens with zero attached hydrogens (tertiary/aromatic N) is 3. The summed E-state index contributed by atoms with van der Waals surface area (Å²) in [7, 11) is 3.27. The summed E-state index contributed by atoms with van der Waals surface area (Å²) in [4.78, 5) is 16.4. The van der Waals surface area contributed by atoms with Gasteiger partial charge in [-0.3, -0.25) is 9.69 Å². The second kappa shape index (κ2) is 6.16. The van der Waals surface area contributed by atoms with Gasteiger partial charge in [0, 0.05) is 5.56 Å². The minimum atomic E-state index is -0.901. The lowest BCUT2D eigenvalue weighted by atomic mass is 10.2. The van der Waals surface area contributed by atoms with Crippen LogP contribution in [0.1, 0.15) is 5.89 Å². The van der Waals surface area contributed by atoms with E-state index in [4.69, 9.17) is 14.4 Å². The summed E-state index contributed by atoms with van der Waals surface area (Å²) in [5, 5.41) is 12.5. The highest BCUT2D eigenvalue weighted by Gasteiger charge is 2.12. The first kappa shape index (κ1) is 14.0. The summed E-state index contributed by atoms with van der Waals surface area (Å²) in [5.74, 6) is 0.687. The minimum absolute atomic E-state index is 0.0831. The number of carboxylic acid groups (broad SMARTS) is 1. The van der Waals surface area contributed by atoms with Gasteiger partial charge in [-0.1, -0.05) is 5.16 Å². The first-order valence-electron chi connectivity index (χ1n) is 5.96. The fourth-order valence-corrected chi connectivity index (χ4v) is 1.69. The number of methoxy groups -OCH3 is 1. The summed E-state index contributed by atoms with van der Waals surface area (Å²) in [6.07, 6.45) is 0. The number of hydrogen-bond acceptors (Lipinski definition) is 6. The van der Waals surface area contributed by atoms with Gasteiger partial charge in [0.15, 0.2) is 0 Å². The van der Waals surface area contributed by atoms with E-state index in [-0.39, 0.29) is 13.1 Å². The van der Waals surface area contributed by atoms with Crippen LogP contribution < -0.4 is 4.74 Å². The maximum Gasteiger partial charge on any atom is 0.317 e. The highest BCUT2D eigenvalue weighted by atomic mass is 16.5. The monoisotopic (exact) mass is 277 g/mol. The zero-order valence-corrected chi connectivity index (χ0v) is 11.2. The molecule has 0 bridgehead atoms. The van der Waals surface area contributed by atoms with Gasteiger partial charge in [-0.05, 0) is 31.3 Å². The molecule has 7 heteroatoms. The lowest BCUT2D eigenvalue weighted by Gasteiger charge is -2.09. The number of carboxylic acids is 1. The standard InChI is InChI=1S/C13H15N3O4/c1-16(8-12(17)18)7-11-14-13(15-20-11)9-3-5-10(19-2)6-4-9/h3-6H,7-8H2,1-2H3,(H,17,18). The fourth-order valence-electron chi connectivity index (χ4n) is 1.69. The Morgan fingerprint density at radius 2 is 2.10 bits per heavy atom. The Balaban J connectivity index is 2.06. The van der Waals surface area contributed by atoms with Gasteiger partial charge in [-0.25, -0.2) is 0 Å². The molecule has 1 aromatic heterocycles. The van der Waals surface area contributed by atoms with Crippen LogP contribution in [0, 0.1) is 0 Å². The smallest absolute Gasteiger partial charge is 0.317 e. The predicted octanol–water partition coefficient (Wildman–Crippen LogP) is 1.26. The van der Waals surface area contributed by atoms with E-state index >= 15 is 0 Å². The average Bonchev–Trinajstić information content (AvgIpc) is 2.86. The SMILES string of the molecule is COc1ccc(-c2noc(CN(C)CC(=O)O)n2)cc1. The first-order valence-corrected chi connectivity index (χ1v) is 5.96. The lowest BCUT2D eigenvalue weighted by Crippen LogP contribution is -2.25. The van der Waals surface area contributed by atoms with E-state index in [1.807, 2.05) is 24.3 Å². The second-order valence-corrected chi connectivity index (χ2v) is 4.31. The lowest BCUT2D eigenvalue weighted by molar-refractivity contribution is -0.138. The molecule has 0 spiro atoms. The van der Waals surface area contributed by atoms with Crippen molar-refractivity contribution in [1.29, 1.82) is 0 Å².